The molecule has 1 heterocycles. The lowest BCUT2D eigenvalue weighted by molar-refractivity contribution is 0.0956. The molecule has 5 nitrogen and oxygen atoms in total. The molecule has 0 radical (unpaired) electrons. The highest BCUT2D eigenvalue weighted by Crippen LogP contribution is 2.25. The Hall–Kier alpha value is -3.93. The first kappa shape index (κ1) is 19.4. The number of anilines is 1. The van der Waals surface area contributed by atoms with Crippen molar-refractivity contribution in [2.24, 2.45) is 5.10 Å². The maximum Gasteiger partial charge on any atom is 0.273 e. The Labute approximate surface area is 173 Å². The van der Waals surface area contributed by atoms with E-state index < -0.39 is 0 Å². The SMILES string of the molecule is Cc1c(/C=N\NC(=O)c2ccccc2N)c2ccccc2n1Cc1ccc(F)cc1. The van der Waals surface area contributed by atoms with E-state index in [1.54, 1.807) is 42.6 Å². The van der Waals surface area contributed by atoms with Gasteiger partial charge < -0.3 is 10.3 Å². The molecule has 0 atom stereocenters. The minimum Gasteiger partial charge on any atom is -0.398 e. The lowest BCUT2D eigenvalue weighted by Gasteiger charge is -2.08. The summed E-state index contributed by atoms with van der Waals surface area (Å²) in [6.07, 6.45) is 1.65. The number of amides is 1. The topological polar surface area (TPSA) is 72.4 Å². The number of rotatable bonds is 5. The fraction of sp³-hybridized carbons (Fsp3) is 0.0833. The van der Waals surface area contributed by atoms with Gasteiger partial charge in [0.05, 0.1) is 11.8 Å². The molecule has 0 bridgehead atoms. The zero-order chi connectivity index (χ0) is 21.1. The lowest BCUT2D eigenvalue weighted by Crippen LogP contribution is -2.19. The Morgan fingerprint density at radius 3 is 2.53 bits per heavy atom. The van der Waals surface area contributed by atoms with Crippen molar-refractivity contribution in [3.63, 3.8) is 0 Å². The first-order valence-electron chi connectivity index (χ1n) is 9.55. The predicted octanol–water partition coefficient (Wildman–Crippen LogP) is 4.48. The predicted molar refractivity (Wildman–Crippen MR) is 118 cm³/mol. The first-order chi connectivity index (χ1) is 14.5. The molecule has 1 aromatic heterocycles. The monoisotopic (exact) mass is 400 g/mol. The van der Waals surface area contributed by atoms with Gasteiger partial charge in [-0.1, -0.05) is 42.5 Å². The second-order valence-corrected chi connectivity index (χ2v) is 7.02. The van der Waals surface area contributed by atoms with Crippen LogP contribution in [0.25, 0.3) is 10.9 Å². The summed E-state index contributed by atoms with van der Waals surface area (Å²) < 4.78 is 15.4. The second-order valence-electron chi connectivity index (χ2n) is 7.02. The van der Waals surface area contributed by atoms with E-state index in [0.29, 0.717) is 17.8 Å². The number of nitrogens with one attached hydrogen (secondary N) is 1. The fourth-order valence-corrected chi connectivity index (χ4v) is 3.52. The van der Waals surface area contributed by atoms with Crippen molar-refractivity contribution < 1.29 is 9.18 Å². The third-order valence-corrected chi connectivity index (χ3v) is 5.10. The molecule has 4 aromatic rings. The standard InChI is InChI=1S/C24H21FN4O/c1-16-21(14-27-28-24(30)20-7-2-4-8-22(20)26)19-6-3-5-9-23(19)29(16)15-17-10-12-18(25)13-11-17/h2-14H,15,26H2,1H3,(H,28,30)/b27-14-. The molecular weight excluding hydrogens is 379 g/mol. The van der Waals surface area contributed by atoms with Gasteiger partial charge in [-0.3, -0.25) is 4.79 Å². The van der Waals surface area contributed by atoms with Crippen LogP contribution in [0.5, 0.6) is 0 Å². The Bertz CT molecular complexity index is 1240. The number of para-hydroxylation sites is 2. The van der Waals surface area contributed by atoms with Gasteiger partial charge in [0.1, 0.15) is 5.82 Å². The van der Waals surface area contributed by atoms with E-state index in [4.69, 9.17) is 5.73 Å². The number of hydrazone groups is 1. The molecule has 0 aliphatic carbocycles. The van der Waals surface area contributed by atoms with Crippen molar-refractivity contribution >= 4 is 28.7 Å². The number of fused-ring (bicyclic) bond motifs is 1. The largest absolute Gasteiger partial charge is 0.398 e. The third-order valence-electron chi connectivity index (χ3n) is 5.10. The number of aromatic nitrogens is 1. The van der Waals surface area contributed by atoms with Crippen molar-refractivity contribution in [2.75, 3.05) is 5.73 Å². The highest BCUT2D eigenvalue weighted by molar-refractivity contribution is 6.03. The van der Waals surface area contributed by atoms with Crippen LogP contribution in [0.15, 0.2) is 77.9 Å². The molecule has 0 spiro atoms. The van der Waals surface area contributed by atoms with Crippen LogP contribution in [0.3, 0.4) is 0 Å². The van der Waals surface area contributed by atoms with Gasteiger partial charge >= 0.3 is 0 Å². The number of benzene rings is 3. The number of nitrogens with zero attached hydrogens (tertiary/aromatic N) is 2. The van der Waals surface area contributed by atoms with Crippen LogP contribution in [0.4, 0.5) is 10.1 Å². The van der Waals surface area contributed by atoms with E-state index in [1.165, 1.54) is 12.1 Å². The van der Waals surface area contributed by atoms with Gasteiger partial charge in [-0.2, -0.15) is 5.10 Å². The van der Waals surface area contributed by atoms with Crippen LogP contribution < -0.4 is 11.2 Å². The molecule has 0 fully saturated rings. The van der Waals surface area contributed by atoms with Crippen LogP contribution in [0, 0.1) is 12.7 Å². The van der Waals surface area contributed by atoms with Crippen molar-refractivity contribution in [2.45, 2.75) is 13.5 Å². The lowest BCUT2D eigenvalue weighted by atomic mass is 10.1. The van der Waals surface area contributed by atoms with Gasteiger partial charge in [0.2, 0.25) is 0 Å². The molecule has 150 valence electrons. The summed E-state index contributed by atoms with van der Waals surface area (Å²) in [5.41, 5.74) is 13.1. The summed E-state index contributed by atoms with van der Waals surface area (Å²) in [7, 11) is 0. The van der Waals surface area contributed by atoms with E-state index in [1.807, 2.05) is 31.2 Å². The molecule has 3 N–H and O–H groups in total. The fourth-order valence-electron chi connectivity index (χ4n) is 3.52. The van der Waals surface area contributed by atoms with Crippen molar-refractivity contribution in [3.05, 3.63) is 101 Å². The van der Waals surface area contributed by atoms with Crippen LogP contribution in [0.2, 0.25) is 0 Å². The van der Waals surface area contributed by atoms with Crippen molar-refractivity contribution in [1.29, 1.82) is 0 Å². The Kier molecular flexibility index (Phi) is 5.30. The third kappa shape index (κ3) is 3.80. The van der Waals surface area contributed by atoms with Gasteiger partial charge in [-0.15, -0.1) is 0 Å². The average molecular weight is 400 g/mol. The number of nitrogens with two attached hydrogens (primary N) is 1. The number of hydrogen-bond acceptors (Lipinski definition) is 3. The van der Waals surface area contributed by atoms with Gasteiger partial charge in [0, 0.05) is 34.4 Å². The normalized spacial score (nSPS) is 11.3. The van der Waals surface area contributed by atoms with Crippen LogP contribution in [-0.2, 0) is 6.54 Å². The van der Waals surface area contributed by atoms with E-state index in [9.17, 15) is 9.18 Å². The zero-order valence-corrected chi connectivity index (χ0v) is 16.5. The molecule has 6 heteroatoms. The molecule has 0 unspecified atom stereocenters. The maximum atomic E-state index is 13.2. The quantitative estimate of drug-likeness (QED) is 0.294. The second kappa shape index (κ2) is 8.21. The molecule has 4 rings (SSSR count). The van der Waals surface area contributed by atoms with Crippen LogP contribution >= 0.6 is 0 Å². The summed E-state index contributed by atoms with van der Waals surface area (Å²) >= 11 is 0. The van der Waals surface area contributed by atoms with E-state index in [-0.39, 0.29) is 11.7 Å². The van der Waals surface area contributed by atoms with E-state index >= 15 is 0 Å². The molecule has 0 saturated carbocycles. The zero-order valence-electron chi connectivity index (χ0n) is 16.5. The molecule has 1 amide bonds. The number of hydrogen-bond donors (Lipinski definition) is 2. The summed E-state index contributed by atoms with van der Waals surface area (Å²) in [4.78, 5) is 12.3. The highest BCUT2D eigenvalue weighted by Gasteiger charge is 2.13. The van der Waals surface area contributed by atoms with Gasteiger partial charge in [-0.05, 0) is 42.8 Å². The minimum atomic E-state index is -0.364. The first-order valence-corrected chi connectivity index (χ1v) is 9.55. The maximum absolute atomic E-state index is 13.2. The molecule has 0 aliphatic rings. The summed E-state index contributed by atoms with van der Waals surface area (Å²) in [6.45, 7) is 2.61. The van der Waals surface area contributed by atoms with Gasteiger partial charge in [0.25, 0.3) is 5.91 Å². The summed E-state index contributed by atoms with van der Waals surface area (Å²) in [6, 6.07) is 21.3. The number of carbonyl (C=O) groups excluding carboxylic acids is 1. The Balaban J connectivity index is 1.63. The van der Waals surface area contributed by atoms with Crippen molar-refractivity contribution in [1.82, 2.24) is 9.99 Å². The van der Waals surface area contributed by atoms with Crippen LogP contribution in [0.1, 0.15) is 27.2 Å². The van der Waals surface area contributed by atoms with Crippen LogP contribution in [-0.4, -0.2) is 16.7 Å². The van der Waals surface area contributed by atoms with E-state index in [2.05, 4.69) is 15.1 Å². The molecule has 0 aliphatic heterocycles. The minimum absolute atomic E-state index is 0.254. The summed E-state index contributed by atoms with van der Waals surface area (Å²) in [5, 5.41) is 5.18. The number of carbonyl (C=O) groups is 1. The smallest absolute Gasteiger partial charge is 0.273 e. The Morgan fingerprint density at radius 1 is 1.07 bits per heavy atom. The van der Waals surface area contributed by atoms with Crippen molar-refractivity contribution in [3.8, 4) is 0 Å². The van der Waals surface area contributed by atoms with Gasteiger partial charge in [-0.25, -0.2) is 9.82 Å². The number of nitrogen functional groups attached to an aromatic ring is 1. The van der Waals surface area contributed by atoms with Gasteiger partial charge in [0.15, 0.2) is 0 Å². The number of halogens is 1. The highest BCUT2D eigenvalue weighted by atomic mass is 19.1. The Morgan fingerprint density at radius 2 is 1.77 bits per heavy atom. The molecular formula is C24H21FN4O. The van der Waals surface area contributed by atoms with E-state index in [0.717, 1.165) is 27.7 Å². The summed E-state index contributed by atoms with van der Waals surface area (Å²) in [5.74, 6) is -0.618. The molecule has 0 saturated heterocycles. The average Bonchev–Trinajstić information content (AvgIpc) is 3.01. The molecule has 30 heavy (non-hydrogen) atoms. The molecule has 3 aromatic carbocycles.